The molecule has 3 atom stereocenters. The Morgan fingerprint density at radius 3 is 2.47 bits per heavy atom. The Hall–Kier alpha value is -1.64. The number of rotatable bonds is 4. The average Bonchev–Trinajstić information content (AvgIpc) is 3.20. The van der Waals surface area contributed by atoms with Crippen LogP contribution in [0.3, 0.4) is 0 Å². The maximum atomic E-state index is 10.2. The summed E-state index contributed by atoms with van der Waals surface area (Å²) in [4.78, 5) is 2.31. The number of aliphatic hydroxyl groups excluding tert-OH is 1. The van der Waals surface area contributed by atoms with Gasteiger partial charge in [0.1, 0.15) is 0 Å². The molecule has 2 aromatic rings. The van der Waals surface area contributed by atoms with Crippen molar-refractivity contribution in [1.29, 1.82) is 0 Å². The highest BCUT2D eigenvalue weighted by molar-refractivity contribution is 5.26. The van der Waals surface area contributed by atoms with E-state index in [1.807, 2.05) is 18.2 Å². The molecule has 1 N–H and O–H groups in total. The summed E-state index contributed by atoms with van der Waals surface area (Å²) in [6.45, 7) is 3.82. The van der Waals surface area contributed by atoms with Gasteiger partial charge < -0.3 is 5.11 Å². The molecule has 1 fully saturated rings. The molecule has 98 valence electrons. The van der Waals surface area contributed by atoms with Gasteiger partial charge in [-0.3, -0.25) is 4.90 Å². The second-order valence-corrected chi connectivity index (χ2v) is 5.31. The van der Waals surface area contributed by atoms with Gasteiger partial charge in [-0.25, -0.2) is 0 Å². The van der Waals surface area contributed by atoms with Crippen LogP contribution in [-0.2, 0) is 0 Å². The molecule has 0 bridgehead atoms. The predicted octanol–water partition coefficient (Wildman–Crippen LogP) is 3.09. The highest BCUT2D eigenvalue weighted by Crippen LogP contribution is 2.36. The Labute approximate surface area is 114 Å². The fourth-order valence-electron chi connectivity index (χ4n) is 2.48. The molecule has 2 nitrogen and oxygen atoms in total. The van der Waals surface area contributed by atoms with E-state index in [4.69, 9.17) is 0 Å². The summed E-state index contributed by atoms with van der Waals surface area (Å²) < 4.78 is 0. The first kappa shape index (κ1) is 12.4. The molecule has 2 aromatic carbocycles. The van der Waals surface area contributed by atoms with Gasteiger partial charge in [-0.05, 0) is 18.1 Å². The van der Waals surface area contributed by atoms with E-state index in [1.54, 1.807) is 0 Å². The number of β-amino-alcohol motifs (C(OH)–C–C–N with tert-alkyl or cyclic N) is 1. The minimum atomic E-state index is -0.394. The average molecular weight is 253 g/mol. The maximum Gasteiger partial charge on any atom is 0.0917 e. The Kier molecular flexibility index (Phi) is 3.36. The van der Waals surface area contributed by atoms with Crippen LogP contribution in [0.5, 0.6) is 0 Å². The van der Waals surface area contributed by atoms with E-state index in [2.05, 4.69) is 48.2 Å². The molecule has 0 radical (unpaired) electrons. The fraction of sp³-hybridized carbons (Fsp3) is 0.294. The van der Waals surface area contributed by atoms with Crippen molar-refractivity contribution in [1.82, 2.24) is 4.90 Å². The van der Waals surface area contributed by atoms with Gasteiger partial charge in [0.2, 0.25) is 0 Å². The smallest absolute Gasteiger partial charge is 0.0917 e. The van der Waals surface area contributed by atoms with Crippen molar-refractivity contribution in [2.75, 3.05) is 13.1 Å². The topological polar surface area (TPSA) is 23.2 Å². The molecule has 0 spiro atoms. The molecule has 1 heterocycles. The van der Waals surface area contributed by atoms with Gasteiger partial charge in [0.05, 0.1) is 6.10 Å². The molecule has 3 rings (SSSR count). The molecular weight excluding hydrogens is 234 g/mol. The third-order valence-corrected chi connectivity index (χ3v) is 3.77. The molecule has 1 aliphatic rings. The lowest BCUT2D eigenvalue weighted by Gasteiger charge is -2.12. The largest absolute Gasteiger partial charge is 0.387 e. The monoisotopic (exact) mass is 253 g/mol. The summed E-state index contributed by atoms with van der Waals surface area (Å²) in [5, 5.41) is 10.2. The number of benzene rings is 2. The van der Waals surface area contributed by atoms with Crippen LogP contribution in [0.4, 0.5) is 0 Å². The van der Waals surface area contributed by atoms with Crippen molar-refractivity contribution in [3.05, 3.63) is 71.3 Å². The predicted molar refractivity (Wildman–Crippen MR) is 76.9 cm³/mol. The van der Waals surface area contributed by atoms with Crippen LogP contribution in [0.1, 0.15) is 28.8 Å². The van der Waals surface area contributed by atoms with Crippen LogP contribution in [0.15, 0.2) is 54.6 Å². The fourth-order valence-corrected chi connectivity index (χ4v) is 2.48. The standard InChI is InChI=1S/C17H19NO/c1-13-7-9-15(10-8-13)17(19)12-18-11-16(18)14-5-3-2-4-6-14/h2-10,16-17,19H,11-12H2,1H3. The van der Waals surface area contributed by atoms with Gasteiger partial charge in [-0.15, -0.1) is 0 Å². The Bertz CT molecular complexity index is 535. The summed E-state index contributed by atoms with van der Waals surface area (Å²) in [6.07, 6.45) is -0.394. The summed E-state index contributed by atoms with van der Waals surface area (Å²) >= 11 is 0. The second kappa shape index (κ2) is 5.16. The van der Waals surface area contributed by atoms with Crippen LogP contribution in [0.2, 0.25) is 0 Å². The van der Waals surface area contributed by atoms with E-state index < -0.39 is 6.10 Å². The van der Waals surface area contributed by atoms with E-state index in [1.165, 1.54) is 11.1 Å². The van der Waals surface area contributed by atoms with Crippen molar-refractivity contribution in [2.24, 2.45) is 0 Å². The zero-order chi connectivity index (χ0) is 13.2. The SMILES string of the molecule is Cc1ccc(C(O)CN2CC2c2ccccc2)cc1. The normalized spacial score (nSPS) is 23.1. The van der Waals surface area contributed by atoms with Crippen LogP contribution >= 0.6 is 0 Å². The lowest BCUT2D eigenvalue weighted by atomic mass is 10.1. The molecule has 0 aromatic heterocycles. The van der Waals surface area contributed by atoms with Crippen molar-refractivity contribution >= 4 is 0 Å². The van der Waals surface area contributed by atoms with E-state index in [-0.39, 0.29) is 0 Å². The van der Waals surface area contributed by atoms with E-state index in [0.717, 1.165) is 12.1 Å². The zero-order valence-electron chi connectivity index (χ0n) is 11.2. The summed E-state index contributed by atoms with van der Waals surface area (Å²) in [7, 11) is 0. The Balaban J connectivity index is 1.60. The Morgan fingerprint density at radius 1 is 1.11 bits per heavy atom. The van der Waals surface area contributed by atoms with Gasteiger partial charge in [-0.2, -0.15) is 0 Å². The van der Waals surface area contributed by atoms with E-state index in [9.17, 15) is 5.11 Å². The van der Waals surface area contributed by atoms with E-state index in [0.29, 0.717) is 12.6 Å². The first-order chi connectivity index (χ1) is 9.24. The maximum absolute atomic E-state index is 10.2. The summed E-state index contributed by atoms with van der Waals surface area (Å²) in [5.74, 6) is 0. The number of nitrogens with zero attached hydrogens (tertiary/aromatic N) is 1. The number of hydrogen-bond acceptors (Lipinski definition) is 2. The Morgan fingerprint density at radius 2 is 1.79 bits per heavy atom. The molecule has 0 amide bonds. The lowest BCUT2D eigenvalue weighted by molar-refractivity contribution is 0.153. The number of hydrogen-bond donors (Lipinski definition) is 1. The molecule has 0 saturated carbocycles. The lowest BCUT2D eigenvalue weighted by Crippen LogP contribution is -2.11. The van der Waals surface area contributed by atoms with Gasteiger partial charge >= 0.3 is 0 Å². The number of aliphatic hydroxyl groups is 1. The molecule has 2 heteroatoms. The molecule has 1 aliphatic heterocycles. The van der Waals surface area contributed by atoms with Crippen LogP contribution in [0, 0.1) is 6.92 Å². The number of aryl methyl sites for hydroxylation is 1. The second-order valence-electron chi connectivity index (χ2n) is 5.31. The zero-order valence-corrected chi connectivity index (χ0v) is 11.2. The van der Waals surface area contributed by atoms with Gasteiger partial charge in [0.15, 0.2) is 0 Å². The summed E-state index contributed by atoms with van der Waals surface area (Å²) in [5.41, 5.74) is 3.58. The van der Waals surface area contributed by atoms with Gasteiger partial charge in [0, 0.05) is 19.1 Å². The summed E-state index contributed by atoms with van der Waals surface area (Å²) in [6, 6.07) is 19.1. The molecular formula is C17H19NO. The van der Waals surface area contributed by atoms with Crippen LogP contribution < -0.4 is 0 Å². The van der Waals surface area contributed by atoms with E-state index >= 15 is 0 Å². The van der Waals surface area contributed by atoms with Gasteiger partial charge in [0.25, 0.3) is 0 Å². The molecule has 3 unspecified atom stereocenters. The van der Waals surface area contributed by atoms with Crippen molar-refractivity contribution in [3.8, 4) is 0 Å². The quantitative estimate of drug-likeness (QED) is 0.846. The van der Waals surface area contributed by atoms with Gasteiger partial charge in [-0.1, -0.05) is 60.2 Å². The first-order valence-corrected chi connectivity index (χ1v) is 6.77. The van der Waals surface area contributed by atoms with Crippen LogP contribution in [0.25, 0.3) is 0 Å². The first-order valence-electron chi connectivity index (χ1n) is 6.77. The highest BCUT2D eigenvalue weighted by Gasteiger charge is 2.36. The van der Waals surface area contributed by atoms with Crippen LogP contribution in [-0.4, -0.2) is 23.1 Å². The highest BCUT2D eigenvalue weighted by atomic mass is 16.3. The van der Waals surface area contributed by atoms with Crippen molar-refractivity contribution in [3.63, 3.8) is 0 Å². The third kappa shape index (κ3) is 2.86. The molecule has 19 heavy (non-hydrogen) atoms. The third-order valence-electron chi connectivity index (χ3n) is 3.77. The molecule has 1 saturated heterocycles. The van der Waals surface area contributed by atoms with Crippen molar-refractivity contribution in [2.45, 2.75) is 19.1 Å². The minimum Gasteiger partial charge on any atom is -0.387 e. The molecule has 0 aliphatic carbocycles. The van der Waals surface area contributed by atoms with Crippen molar-refractivity contribution < 1.29 is 5.11 Å². The minimum absolute atomic E-state index is 0.394.